The van der Waals surface area contributed by atoms with E-state index in [2.05, 4.69) is 9.98 Å². The molecule has 0 spiro atoms. The van der Waals surface area contributed by atoms with Crippen LogP contribution in [0.4, 0.5) is 0 Å². The quantitative estimate of drug-likeness (QED) is 0.493. The van der Waals surface area contributed by atoms with E-state index in [-0.39, 0.29) is 6.54 Å². The molecule has 0 N–H and O–H groups in total. The van der Waals surface area contributed by atoms with Gasteiger partial charge in [-0.3, -0.25) is 4.98 Å². The van der Waals surface area contributed by atoms with E-state index in [0.29, 0.717) is 5.75 Å². The number of aliphatic imine (C=N–C) groups is 1. The van der Waals surface area contributed by atoms with Crippen molar-refractivity contribution in [2.24, 2.45) is 4.99 Å². The molecule has 0 radical (unpaired) electrons. The Bertz CT molecular complexity index is 288. The molecule has 1 heterocycles. The summed E-state index contributed by atoms with van der Waals surface area (Å²) in [6.45, 7) is 0.271. The van der Waals surface area contributed by atoms with Gasteiger partial charge in [-0.25, -0.2) is 4.79 Å². The zero-order valence-electron chi connectivity index (χ0n) is 6.65. The van der Waals surface area contributed by atoms with Crippen molar-refractivity contribution in [3.8, 4) is 5.75 Å². The molecule has 0 saturated carbocycles. The summed E-state index contributed by atoms with van der Waals surface area (Å²) in [5.41, 5.74) is 0.721. The maximum atomic E-state index is 9.76. The Kier molecular flexibility index (Phi) is 2.99. The summed E-state index contributed by atoms with van der Waals surface area (Å²) >= 11 is 0. The first-order valence-electron chi connectivity index (χ1n) is 3.39. The van der Waals surface area contributed by atoms with E-state index in [1.165, 1.54) is 6.08 Å². The van der Waals surface area contributed by atoms with Crippen molar-refractivity contribution >= 4 is 6.08 Å². The second-order valence-electron chi connectivity index (χ2n) is 2.10. The third-order valence-electron chi connectivity index (χ3n) is 1.34. The van der Waals surface area contributed by atoms with E-state index in [9.17, 15) is 4.79 Å². The molecule has 4 heteroatoms. The molecule has 0 aromatic carbocycles. The Morgan fingerprint density at radius 1 is 1.67 bits per heavy atom. The number of nitrogens with zero attached hydrogens (tertiary/aromatic N) is 2. The molecule has 62 valence electrons. The smallest absolute Gasteiger partial charge is 0.235 e. The molecule has 0 atom stereocenters. The summed E-state index contributed by atoms with van der Waals surface area (Å²) in [5.74, 6) is 0.689. The van der Waals surface area contributed by atoms with Crippen molar-refractivity contribution in [3.05, 3.63) is 24.0 Å². The largest absolute Gasteiger partial charge is 0.495 e. The van der Waals surface area contributed by atoms with Crippen LogP contribution in [0.5, 0.6) is 5.75 Å². The molecule has 0 fully saturated rings. The highest BCUT2D eigenvalue weighted by Crippen LogP contribution is 2.07. The van der Waals surface area contributed by atoms with Crippen LogP contribution in [0.25, 0.3) is 0 Å². The zero-order chi connectivity index (χ0) is 8.81. The van der Waals surface area contributed by atoms with Crippen molar-refractivity contribution in [2.75, 3.05) is 7.11 Å². The second-order valence-corrected chi connectivity index (χ2v) is 2.10. The number of methoxy groups -OCH3 is 1. The lowest BCUT2D eigenvalue weighted by molar-refractivity contribution is 0.412. The number of rotatable bonds is 3. The van der Waals surface area contributed by atoms with E-state index >= 15 is 0 Å². The molecule has 0 bridgehead atoms. The van der Waals surface area contributed by atoms with E-state index in [4.69, 9.17) is 4.74 Å². The van der Waals surface area contributed by atoms with Crippen LogP contribution in [-0.4, -0.2) is 18.2 Å². The molecule has 0 aliphatic carbocycles. The fourth-order valence-corrected chi connectivity index (χ4v) is 0.738. The van der Waals surface area contributed by atoms with Crippen molar-refractivity contribution in [1.29, 1.82) is 0 Å². The first-order valence-corrected chi connectivity index (χ1v) is 3.39. The molecule has 0 unspecified atom stereocenters. The minimum atomic E-state index is 0.271. The summed E-state index contributed by atoms with van der Waals surface area (Å²) in [7, 11) is 1.57. The number of aromatic nitrogens is 1. The van der Waals surface area contributed by atoms with Gasteiger partial charge in [0.15, 0.2) is 0 Å². The molecule has 1 aromatic heterocycles. The van der Waals surface area contributed by atoms with Crippen LogP contribution < -0.4 is 4.74 Å². The van der Waals surface area contributed by atoms with Gasteiger partial charge in [0, 0.05) is 0 Å². The van der Waals surface area contributed by atoms with Gasteiger partial charge < -0.3 is 4.74 Å². The van der Waals surface area contributed by atoms with E-state index < -0.39 is 0 Å². The molecule has 4 nitrogen and oxygen atoms in total. The van der Waals surface area contributed by atoms with Gasteiger partial charge in [0.05, 0.1) is 25.5 Å². The highest BCUT2D eigenvalue weighted by atomic mass is 16.5. The van der Waals surface area contributed by atoms with Crippen LogP contribution in [-0.2, 0) is 11.3 Å². The van der Waals surface area contributed by atoms with Gasteiger partial charge in [-0.1, -0.05) is 0 Å². The minimum Gasteiger partial charge on any atom is -0.495 e. The number of hydrogen-bond acceptors (Lipinski definition) is 4. The Balaban J connectivity index is 2.70. The second kappa shape index (κ2) is 4.26. The fraction of sp³-hybridized carbons (Fsp3) is 0.250. The Hall–Kier alpha value is -1.67. The SMILES string of the molecule is COc1ccc(CN=C=O)nc1. The van der Waals surface area contributed by atoms with Crippen molar-refractivity contribution < 1.29 is 9.53 Å². The van der Waals surface area contributed by atoms with Crippen molar-refractivity contribution in [1.82, 2.24) is 4.98 Å². The predicted molar refractivity (Wildman–Crippen MR) is 42.6 cm³/mol. The lowest BCUT2D eigenvalue weighted by Crippen LogP contribution is -1.88. The highest BCUT2D eigenvalue weighted by Gasteiger charge is 1.93. The summed E-state index contributed by atoms with van der Waals surface area (Å²) in [4.78, 5) is 17.1. The number of carbonyl (C=O) groups excluding carboxylic acids is 1. The molecule has 0 aliphatic heterocycles. The van der Waals surface area contributed by atoms with Gasteiger partial charge in [0.2, 0.25) is 6.08 Å². The first kappa shape index (κ1) is 8.43. The molecular weight excluding hydrogens is 156 g/mol. The van der Waals surface area contributed by atoms with Gasteiger partial charge in [0.1, 0.15) is 5.75 Å². The van der Waals surface area contributed by atoms with Crippen molar-refractivity contribution in [3.63, 3.8) is 0 Å². The van der Waals surface area contributed by atoms with Crippen LogP contribution >= 0.6 is 0 Å². The summed E-state index contributed by atoms with van der Waals surface area (Å²) in [5, 5.41) is 0. The highest BCUT2D eigenvalue weighted by molar-refractivity contribution is 5.33. The molecule has 0 saturated heterocycles. The molecule has 1 aromatic rings. The minimum absolute atomic E-state index is 0.271. The molecule has 0 amide bonds. The van der Waals surface area contributed by atoms with Crippen LogP contribution in [0.1, 0.15) is 5.69 Å². The monoisotopic (exact) mass is 164 g/mol. The number of pyridine rings is 1. The average molecular weight is 164 g/mol. The lowest BCUT2D eigenvalue weighted by Gasteiger charge is -1.98. The van der Waals surface area contributed by atoms with Gasteiger partial charge >= 0.3 is 0 Å². The Morgan fingerprint density at radius 2 is 2.50 bits per heavy atom. The van der Waals surface area contributed by atoms with Gasteiger partial charge in [-0.15, -0.1) is 0 Å². The fourth-order valence-electron chi connectivity index (χ4n) is 0.738. The number of ether oxygens (including phenoxy) is 1. The molecule has 1 rings (SSSR count). The average Bonchev–Trinajstić information content (AvgIpc) is 2.15. The third kappa shape index (κ3) is 2.18. The van der Waals surface area contributed by atoms with Crippen molar-refractivity contribution in [2.45, 2.75) is 6.54 Å². The predicted octanol–water partition coefficient (Wildman–Crippen LogP) is 0.926. The molecule has 0 aliphatic rings. The van der Waals surface area contributed by atoms with Crippen LogP contribution in [0, 0.1) is 0 Å². The van der Waals surface area contributed by atoms with Crippen LogP contribution in [0.2, 0.25) is 0 Å². The number of hydrogen-bond donors (Lipinski definition) is 0. The van der Waals surface area contributed by atoms with Gasteiger partial charge in [-0.05, 0) is 12.1 Å². The zero-order valence-corrected chi connectivity index (χ0v) is 6.65. The summed E-state index contributed by atoms with van der Waals surface area (Å²) in [6, 6.07) is 3.52. The first-order chi connectivity index (χ1) is 5.86. The molecule has 12 heavy (non-hydrogen) atoms. The topological polar surface area (TPSA) is 51.5 Å². The maximum absolute atomic E-state index is 9.76. The van der Waals surface area contributed by atoms with E-state index in [1.807, 2.05) is 0 Å². The van der Waals surface area contributed by atoms with Gasteiger partial charge in [0.25, 0.3) is 0 Å². The Labute approximate surface area is 69.9 Å². The van der Waals surface area contributed by atoms with E-state index in [1.54, 1.807) is 25.4 Å². The Morgan fingerprint density at radius 3 is 3.00 bits per heavy atom. The standard InChI is InChI=1S/C8H8N2O2/c1-12-8-3-2-7(10-5-8)4-9-6-11/h2-3,5H,4H2,1H3. The van der Waals surface area contributed by atoms with E-state index in [0.717, 1.165) is 5.69 Å². The summed E-state index contributed by atoms with van der Waals surface area (Å²) < 4.78 is 4.90. The maximum Gasteiger partial charge on any atom is 0.235 e. The lowest BCUT2D eigenvalue weighted by atomic mass is 10.3. The van der Waals surface area contributed by atoms with Crippen LogP contribution in [0.15, 0.2) is 23.3 Å². The summed E-state index contributed by atoms with van der Waals surface area (Å²) in [6.07, 6.45) is 3.03. The normalized spacial score (nSPS) is 8.75. The van der Waals surface area contributed by atoms with Crippen LogP contribution in [0.3, 0.4) is 0 Å². The number of isocyanates is 1. The molecular formula is C8H8N2O2. The van der Waals surface area contributed by atoms with Gasteiger partial charge in [-0.2, -0.15) is 4.99 Å². The third-order valence-corrected chi connectivity index (χ3v) is 1.34.